The molecule has 1 aromatic carbocycles. The number of anilines is 1. The maximum absolute atomic E-state index is 5.44. The van der Waals surface area contributed by atoms with E-state index in [2.05, 4.69) is 31.3 Å². The molecule has 3 rings (SSSR count). The Bertz CT molecular complexity index is 444. The van der Waals surface area contributed by atoms with Gasteiger partial charge in [0.25, 0.3) is 0 Å². The molecule has 0 spiro atoms. The topological polar surface area (TPSA) is 30.5 Å². The second-order valence-electron chi connectivity index (χ2n) is 6.01. The van der Waals surface area contributed by atoms with Gasteiger partial charge >= 0.3 is 0 Å². The first kappa shape index (κ1) is 12.6. The Morgan fingerprint density at radius 1 is 1.11 bits per heavy atom. The van der Waals surface area contributed by atoms with Crippen LogP contribution in [0.4, 0.5) is 5.69 Å². The first-order valence-corrected chi connectivity index (χ1v) is 7.40. The molecule has 2 atom stereocenters. The van der Waals surface area contributed by atoms with Gasteiger partial charge in [-0.15, -0.1) is 0 Å². The molecule has 0 saturated heterocycles. The summed E-state index contributed by atoms with van der Waals surface area (Å²) in [6.07, 6.45) is 5.34. The smallest absolute Gasteiger partial charge is 0.231 e. The fourth-order valence-corrected chi connectivity index (χ4v) is 3.34. The summed E-state index contributed by atoms with van der Waals surface area (Å²) in [6, 6.07) is 6.75. The highest BCUT2D eigenvalue weighted by Crippen LogP contribution is 2.37. The minimum Gasteiger partial charge on any atom is -0.454 e. The molecule has 3 heteroatoms. The Morgan fingerprint density at radius 3 is 2.74 bits per heavy atom. The molecule has 0 amide bonds. The molecule has 1 saturated carbocycles. The predicted molar refractivity (Wildman–Crippen MR) is 76.8 cm³/mol. The first-order valence-electron chi connectivity index (χ1n) is 7.40. The average molecular weight is 261 g/mol. The number of ether oxygens (including phenoxy) is 2. The lowest BCUT2D eigenvalue weighted by Gasteiger charge is -2.35. The molecule has 3 nitrogen and oxygen atoms in total. The van der Waals surface area contributed by atoms with E-state index in [4.69, 9.17) is 9.47 Å². The SMILES string of the molecule is CC(C)C1CCCCC1Nc1ccc2c(c1)OCO2. The van der Waals surface area contributed by atoms with Crippen LogP contribution in [0.25, 0.3) is 0 Å². The molecule has 0 bridgehead atoms. The number of hydrogen-bond donors (Lipinski definition) is 1. The van der Waals surface area contributed by atoms with E-state index in [0.717, 1.165) is 29.0 Å². The van der Waals surface area contributed by atoms with Gasteiger partial charge in [0.1, 0.15) is 0 Å². The summed E-state index contributed by atoms with van der Waals surface area (Å²) < 4.78 is 10.8. The van der Waals surface area contributed by atoms with Gasteiger partial charge in [-0.2, -0.15) is 0 Å². The third kappa shape index (κ3) is 2.65. The van der Waals surface area contributed by atoms with E-state index in [1.165, 1.54) is 25.7 Å². The van der Waals surface area contributed by atoms with Crippen molar-refractivity contribution in [2.45, 2.75) is 45.6 Å². The van der Waals surface area contributed by atoms with Crippen LogP contribution in [0.2, 0.25) is 0 Å². The van der Waals surface area contributed by atoms with Gasteiger partial charge in [-0.05, 0) is 36.8 Å². The van der Waals surface area contributed by atoms with E-state index >= 15 is 0 Å². The Balaban J connectivity index is 1.72. The maximum Gasteiger partial charge on any atom is 0.231 e. The van der Waals surface area contributed by atoms with Crippen molar-refractivity contribution in [2.24, 2.45) is 11.8 Å². The Labute approximate surface area is 115 Å². The van der Waals surface area contributed by atoms with E-state index in [-0.39, 0.29) is 0 Å². The summed E-state index contributed by atoms with van der Waals surface area (Å²) >= 11 is 0. The van der Waals surface area contributed by atoms with Crippen molar-refractivity contribution in [1.82, 2.24) is 0 Å². The predicted octanol–water partition coefficient (Wildman–Crippen LogP) is 4.04. The zero-order chi connectivity index (χ0) is 13.2. The lowest BCUT2D eigenvalue weighted by Crippen LogP contribution is -2.35. The highest BCUT2D eigenvalue weighted by Gasteiger charge is 2.27. The molecule has 104 valence electrons. The van der Waals surface area contributed by atoms with Crippen molar-refractivity contribution < 1.29 is 9.47 Å². The van der Waals surface area contributed by atoms with Gasteiger partial charge in [0.05, 0.1) is 0 Å². The summed E-state index contributed by atoms with van der Waals surface area (Å²) in [5.74, 6) is 3.24. The van der Waals surface area contributed by atoms with Crippen molar-refractivity contribution in [3.05, 3.63) is 18.2 Å². The number of hydrogen-bond acceptors (Lipinski definition) is 3. The zero-order valence-corrected chi connectivity index (χ0v) is 11.8. The van der Waals surface area contributed by atoms with E-state index in [0.29, 0.717) is 12.8 Å². The summed E-state index contributed by atoms with van der Waals surface area (Å²) in [5.41, 5.74) is 1.15. The molecule has 1 aliphatic heterocycles. The van der Waals surface area contributed by atoms with Gasteiger partial charge in [-0.3, -0.25) is 0 Å². The van der Waals surface area contributed by atoms with Crippen LogP contribution < -0.4 is 14.8 Å². The van der Waals surface area contributed by atoms with Crippen molar-refractivity contribution in [3.63, 3.8) is 0 Å². The minimum atomic E-state index is 0.344. The van der Waals surface area contributed by atoms with E-state index in [9.17, 15) is 0 Å². The van der Waals surface area contributed by atoms with E-state index in [1.54, 1.807) is 0 Å². The number of benzene rings is 1. The fraction of sp³-hybridized carbons (Fsp3) is 0.625. The van der Waals surface area contributed by atoms with Crippen LogP contribution in [0.3, 0.4) is 0 Å². The minimum absolute atomic E-state index is 0.344. The van der Waals surface area contributed by atoms with Crippen LogP contribution in [-0.2, 0) is 0 Å². The third-order valence-electron chi connectivity index (χ3n) is 4.40. The van der Waals surface area contributed by atoms with Crippen LogP contribution >= 0.6 is 0 Å². The molecule has 2 unspecified atom stereocenters. The van der Waals surface area contributed by atoms with Crippen LogP contribution in [-0.4, -0.2) is 12.8 Å². The lowest BCUT2D eigenvalue weighted by molar-refractivity contribution is 0.174. The average Bonchev–Trinajstić information content (AvgIpc) is 2.86. The van der Waals surface area contributed by atoms with Gasteiger partial charge in [0.15, 0.2) is 11.5 Å². The van der Waals surface area contributed by atoms with Gasteiger partial charge in [0.2, 0.25) is 6.79 Å². The summed E-state index contributed by atoms with van der Waals surface area (Å²) in [6.45, 7) is 5.02. The van der Waals surface area contributed by atoms with Crippen molar-refractivity contribution in [1.29, 1.82) is 0 Å². The number of fused-ring (bicyclic) bond motifs is 1. The fourth-order valence-electron chi connectivity index (χ4n) is 3.34. The van der Waals surface area contributed by atoms with Crippen LogP contribution in [0, 0.1) is 11.8 Å². The number of rotatable bonds is 3. The van der Waals surface area contributed by atoms with Crippen molar-refractivity contribution in [2.75, 3.05) is 12.1 Å². The second-order valence-corrected chi connectivity index (χ2v) is 6.01. The van der Waals surface area contributed by atoms with Crippen molar-refractivity contribution >= 4 is 5.69 Å². The highest BCUT2D eigenvalue weighted by molar-refractivity contribution is 5.56. The molecular formula is C16H23NO2. The van der Waals surface area contributed by atoms with Gasteiger partial charge in [-0.1, -0.05) is 26.7 Å². The van der Waals surface area contributed by atoms with Gasteiger partial charge in [0, 0.05) is 17.8 Å². The standard InChI is InChI=1S/C16H23NO2/c1-11(2)13-5-3-4-6-14(13)17-12-7-8-15-16(9-12)19-10-18-15/h7-9,11,13-14,17H,3-6,10H2,1-2H3. The monoisotopic (exact) mass is 261 g/mol. The van der Waals surface area contributed by atoms with Gasteiger partial charge in [-0.25, -0.2) is 0 Å². The maximum atomic E-state index is 5.44. The summed E-state index contributed by atoms with van der Waals surface area (Å²) in [5, 5.41) is 3.71. The highest BCUT2D eigenvalue weighted by atomic mass is 16.7. The Hall–Kier alpha value is -1.38. The molecule has 1 aliphatic carbocycles. The van der Waals surface area contributed by atoms with Crippen LogP contribution in [0.1, 0.15) is 39.5 Å². The molecule has 0 aromatic heterocycles. The molecule has 0 radical (unpaired) electrons. The molecule has 1 fully saturated rings. The molecule has 2 aliphatic rings. The third-order valence-corrected chi connectivity index (χ3v) is 4.40. The lowest BCUT2D eigenvalue weighted by atomic mass is 9.78. The molecule has 1 N–H and O–H groups in total. The van der Waals surface area contributed by atoms with Crippen molar-refractivity contribution in [3.8, 4) is 11.5 Å². The van der Waals surface area contributed by atoms with E-state index < -0.39 is 0 Å². The summed E-state index contributed by atoms with van der Waals surface area (Å²) in [4.78, 5) is 0. The molecule has 1 heterocycles. The van der Waals surface area contributed by atoms with Crippen LogP contribution in [0.15, 0.2) is 18.2 Å². The first-order chi connectivity index (χ1) is 9.24. The zero-order valence-electron chi connectivity index (χ0n) is 11.8. The largest absolute Gasteiger partial charge is 0.454 e. The quantitative estimate of drug-likeness (QED) is 0.890. The normalized spacial score (nSPS) is 25.6. The Kier molecular flexibility index (Phi) is 3.54. The van der Waals surface area contributed by atoms with E-state index in [1.807, 2.05) is 6.07 Å². The number of nitrogens with one attached hydrogen (secondary N) is 1. The second kappa shape index (κ2) is 5.32. The van der Waals surface area contributed by atoms with Crippen LogP contribution in [0.5, 0.6) is 11.5 Å². The summed E-state index contributed by atoms with van der Waals surface area (Å²) in [7, 11) is 0. The molecule has 1 aromatic rings. The molecule has 19 heavy (non-hydrogen) atoms. The molecular weight excluding hydrogens is 238 g/mol. The Morgan fingerprint density at radius 2 is 1.89 bits per heavy atom. The van der Waals surface area contributed by atoms with Gasteiger partial charge < -0.3 is 14.8 Å².